The summed E-state index contributed by atoms with van der Waals surface area (Å²) < 4.78 is 0. The van der Waals surface area contributed by atoms with Gasteiger partial charge in [0.2, 0.25) is 0 Å². The van der Waals surface area contributed by atoms with Crippen LogP contribution in [0.15, 0.2) is 42.5 Å². The molecule has 19 heavy (non-hydrogen) atoms. The maximum Gasteiger partial charge on any atom is 0.0551 e. The highest BCUT2D eigenvalue weighted by Crippen LogP contribution is 2.23. The molecule has 0 aliphatic rings. The SMILES string of the molecule is CCc1ccc(C(N)c2cccc(C)c2)cc1CC. The van der Waals surface area contributed by atoms with E-state index in [1.165, 1.54) is 27.8 Å². The van der Waals surface area contributed by atoms with Gasteiger partial charge in [0, 0.05) is 0 Å². The predicted octanol–water partition coefficient (Wildman–Crippen LogP) is 4.17. The van der Waals surface area contributed by atoms with E-state index >= 15 is 0 Å². The molecular weight excluding hydrogens is 230 g/mol. The van der Waals surface area contributed by atoms with E-state index in [-0.39, 0.29) is 6.04 Å². The quantitative estimate of drug-likeness (QED) is 0.869. The third-order valence-corrected chi connectivity index (χ3v) is 3.75. The summed E-state index contributed by atoms with van der Waals surface area (Å²) in [4.78, 5) is 0. The first-order chi connectivity index (χ1) is 9.15. The number of rotatable bonds is 4. The van der Waals surface area contributed by atoms with Crippen molar-refractivity contribution in [2.75, 3.05) is 0 Å². The predicted molar refractivity (Wildman–Crippen MR) is 82.4 cm³/mol. The molecule has 1 atom stereocenters. The molecule has 2 aromatic carbocycles. The lowest BCUT2D eigenvalue weighted by atomic mass is 9.93. The van der Waals surface area contributed by atoms with Crippen LogP contribution in [0, 0.1) is 6.92 Å². The average Bonchev–Trinajstić information content (AvgIpc) is 2.45. The molecule has 2 N–H and O–H groups in total. The van der Waals surface area contributed by atoms with Crippen molar-refractivity contribution in [1.29, 1.82) is 0 Å². The van der Waals surface area contributed by atoms with Crippen LogP contribution in [-0.2, 0) is 12.8 Å². The summed E-state index contributed by atoms with van der Waals surface area (Å²) in [6.45, 7) is 6.51. The smallest absolute Gasteiger partial charge is 0.0551 e. The zero-order chi connectivity index (χ0) is 13.8. The first-order valence-electron chi connectivity index (χ1n) is 7.09. The maximum absolute atomic E-state index is 6.40. The van der Waals surface area contributed by atoms with Crippen molar-refractivity contribution >= 4 is 0 Å². The summed E-state index contributed by atoms with van der Waals surface area (Å²) in [5.74, 6) is 0. The number of aryl methyl sites for hydroxylation is 3. The minimum absolute atomic E-state index is 0.0314. The summed E-state index contributed by atoms with van der Waals surface area (Å²) in [7, 11) is 0. The lowest BCUT2D eigenvalue weighted by Gasteiger charge is -2.16. The van der Waals surface area contributed by atoms with E-state index in [4.69, 9.17) is 5.73 Å². The Morgan fingerprint density at radius 1 is 0.895 bits per heavy atom. The molecule has 0 aromatic heterocycles. The molecular formula is C18H23N. The maximum atomic E-state index is 6.40. The number of nitrogens with two attached hydrogens (primary N) is 1. The van der Waals surface area contributed by atoms with Crippen LogP contribution in [0.5, 0.6) is 0 Å². The van der Waals surface area contributed by atoms with Crippen molar-refractivity contribution in [2.24, 2.45) is 5.73 Å². The molecule has 0 heterocycles. The standard InChI is InChI=1S/C18H23N/c1-4-14-9-10-17(12-15(14)5-2)18(19)16-8-6-7-13(3)11-16/h6-12,18H,4-5,19H2,1-3H3. The minimum atomic E-state index is -0.0314. The lowest BCUT2D eigenvalue weighted by molar-refractivity contribution is 0.862. The summed E-state index contributed by atoms with van der Waals surface area (Å²) in [5, 5.41) is 0. The molecule has 0 amide bonds. The zero-order valence-electron chi connectivity index (χ0n) is 12.1. The van der Waals surface area contributed by atoms with Gasteiger partial charge in [-0.15, -0.1) is 0 Å². The Balaban J connectivity index is 2.36. The second kappa shape index (κ2) is 6.03. The van der Waals surface area contributed by atoms with Crippen molar-refractivity contribution in [3.8, 4) is 0 Å². The molecule has 0 bridgehead atoms. The van der Waals surface area contributed by atoms with Gasteiger partial charge in [-0.25, -0.2) is 0 Å². The molecule has 1 heteroatoms. The van der Waals surface area contributed by atoms with E-state index in [9.17, 15) is 0 Å². The van der Waals surface area contributed by atoms with Crippen LogP contribution < -0.4 is 5.73 Å². The first kappa shape index (κ1) is 13.8. The van der Waals surface area contributed by atoms with Crippen molar-refractivity contribution < 1.29 is 0 Å². The van der Waals surface area contributed by atoms with Gasteiger partial charge < -0.3 is 5.73 Å². The third-order valence-electron chi connectivity index (χ3n) is 3.75. The van der Waals surface area contributed by atoms with E-state index in [1.807, 2.05) is 0 Å². The Labute approximate surface area is 116 Å². The van der Waals surface area contributed by atoms with E-state index in [0.29, 0.717) is 0 Å². The lowest BCUT2D eigenvalue weighted by Crippen LogP contribution is -2.12. The Bertz CT molecular complexity index is 557. The molecule has 0 aliphatic heterocycles. The van der Waals surface area contributed by atoms with Gasteiger partial charge >= 0.3 is 0 Å². The molecule has 100 valence electrons. The van der Waals surface area contributed by atoms with Gasteiger partial charge in [-0.05, 0) is 42.0 Å². The van der Waals surface area contributed by atoms with Gasteiger partial charge in [0.1, 0.15) is 0 Å². The van der Waals surface area contributed by atoms with Crippen LogP contribution in [0.25, 0.3) is 0 Å². The number of hydrogen-bond donors (Lipinski definition) is 1. The molecule has 0 spiro atoms. The molecule has 0 radical (unpaired) electrons. The fourth-order valence-electron chi connectivity index (χ4n) is 2.57. The summed E-state index contributed by atoms with van der Waals surface area (Å²) in [6.07, 6.45) is 2.15. The summed E-state index contributed by atoms with van der Waals surface area (Å²) in [5.41, 5.74) is 12.9. The number of hydrogen-bond acceptors (Lipinski definition) is 1. The largest absolute Gasteiger partial charge is 0.320 e. The molecule has 0 saturated carbocycles. The van der Waals surface area contributed by atoms with Gasteiger partial charge in [0.15, 0.2) is 0 Å². The fourth-order valence-corrected chi connectivity index (χ4v) is 2.57. The molecule has 0 saturated heterocycles. The van der Waals surface area contributed by atoms with Gasteiger partial charge in [0.25, 0.3) is 0 Å². The molecule has 0 aliphatic carbocycles. The topological polar surface area (TPSA) is 26.0 Å². The third kappa shape index (κ3) is 3.05. The van der Waals surface area contributed by atoms with Crippen LogP contribution in [-0.4, -0.2) is 0 Å². The second-order valence-corrected chi connectivity index (χ2v) is 5.13. The molecule has 0 fully saturated rings. The molecule has 1 unspecified atom stereocenters. The Kier molecular flexibility index (Phi) is 4.39. The van der Waals surface area contributed by atoms with E-state index in [0.717, 1.165) is 12.8 Å². The van der Waals surface area contributed by atoms with Gasteiger partial charge in [-0.2, -0.15) is 0 Å². The summed E-state index contributed by atoms with van der Waals surface area (Å²) in [6, 6.07) is 15.1. The van der Waals surface area contributed by atoms with Crippen LogP contribution in [0.4, 0.5) is 0 Å². The zero-order valence-corrected chi connectivity index (χ0v) is 12.1. The molecule has 1 nitrogen and oxygen atoms in total. The van der Waals surface area contributed by atoms with E-state index in [2.05, 4.69) is 63.2 Å². The Morgan fingerprint density at radius 3 is 2.21 bits per heavy atom. The summed E-state index contributed by atoms with van der Waals surface area (Å²) >= 11 is 0. The Hall–Kier alpha value is -1.60. The highest BCUT2D eigenvalue weighted by Gasteiger charge is 2.10. The van der Waals surface area contributed by atoms with Crippen LogP contribution in [0.3, 0.4) is 0 Å². The fraction of sp³-hybridized carbons (Fsp3) is 0.333. The monoisotopic (exact) mass is 253 g/mol. The first-order valence-corrected chi connectivity index (χ1v) is 7.09. The van der Waals surface area contributed by atoms with E-state index in [1.54, 1.807) is 0 Å². The van der Waals surface area contributed by atoms with Crippen LogP contribution in [0.1, 0.15) is 47.7 Å². The minimum Gasteiger partial charge on any atom is -0.320 e. The second-order valence-electron chi connectivity index (χ2n) is 5.13. The van der Waals surface area contributed by atoms with Gasteiger partial charge in [-0.3, -0.25) is 0 Å². The Morgan fingerprint density at radius 2 is 1.58 bits per heavy atom. The molecule has 2 aromatic rings. The van der Waals surface area contributed by atoms with Crippen LogP contribution in [0.2, 0.25) is 0 Å². The van der Waals surface area contributed by atoms with Crippen molar-refractivity contribution in [2.45, 2.75) is 39.7 Å². The van der Waals surface area contributed by atoms with E-state index < -0.39 is 0 Å². The van der Waals surface area contributed by atoms with Gasteiger partial charge in [-0.1, -0.05) is 61.9 Å². The van der Waals surface area contributed by atoms with Crippen molar-refractivity contribution in [3.05, 3.63) is 70.3 Å². The normalized spacial score (nSPS) is 12.4. The van der Waals surface area contributed by atoms with Crippen molar-refractivity contribution in [3.63, 3.8) is 0 Å². The van der Waals surface area contributed by atoms with Gasteiger partial charge in [0.05, 0.1) is 6.04 Å². The highest BCUT2D eigenvalue weighted by molar-refractivity contribution is 5.38. The molecule has 2 rings (SSSR count). The average molecular weight is 253 g/mol. The van der Waals surface area contributed by atoms with Crippen LogP contribution >= 0.6 is 0 Å². The highest BCUT2D eigenvalue weighted by atomic mass is 14.6. The number of benzene rings is 2. The van der Waals surface area contributed by atoms with Crippen molar-refractivity contribution in [1.82, 2.24) is 0 Å².